The molecule has 0 spiro atoms. The molecule has 1 heterocycles. The van der Waals surface area contributed by atoms with E-state index >= 15 is 0 Å². The maximum atomic E-state index is 11.1. The highest BCUT2D eigenvalue weighted by Gasteiger charge is 2.19. The zero-order chi connectivity index (χ0) is 15.1. The fourth-order valence-corrected chi connectivity index (χ4v) is 1.99. The van der Waals surface area contributed by atoms with Crippen LogP contribution in [-0.4, -0.2) is 67.5 Å². The second kappa shape index (κ2) is 7.94. The molecule has 0 aromatic rings. The number of rotatable bonds is 4. The summed E-state index contributed by atoms with van der Waals surface area (Å²) in [6.07, 6.45) is 1.80. The first-order chi connectivity index (χ1) is 9.43. The number of piperazine rings is 1. The van der Waals surface area contributed by atoms with Crippen LogP contribution in [0.2, 0.25) is 0 Å². The molecular weight excluding hydrogens is 252 g/mol. The largest absolute Gasteiger partial charge is 0.339 e. The van der Waals surface area contributed by atoms with Gasteiger partial charge < -0.3 is 4.90 Å². The molecular formula is C15H26N4O. The second-order valence-corrected chi connectivity index (χ2v) is 5.48. The van der Waals surface area contributed by atoms with Crippen LogP contribution in [0.15, 0.2) is 22.1 Å². The summed E-state index contributed by atoms with van der Waals surface area (Å²) < 4.78 is 0. The molecule has 20 heavy (non-hydrogen) atoms. The summed E-state index contributed by atoms with van der Waals surface area (Å²) in [4.78, 5) is 24.1. The first kappa shape index (κ1) is 16.6. The third kappa shape index (κ3) is 5.25. The van der Waals surface area contributed by atoms with Crippen LogP contribution >= 0.6 is 0 Å². The lowest BCUT2D eigenvalue weighted by Crippen LogP contribution is -2.49. The third-order valence-electron chi connectivity index (χ3n) is 3.39. The van der Waals surface area contributed by atoms with Gasteiger partial charge in [-0.1, -0.05) is 20.4 Å². The quantitative estimate of drug-likeness (QED) is 0.578. The first-order valence-corrected chi connectivity index (χ1v) is 7.10. The fraction of sp³-hybridized carbons (Fsp3) is 0.667. The summed E-state index contributed by atoms with van der Waals surface area (Å²) in [5.74, 6) is 1.35. The van der Waals surface area contributed by atoms with E-state index in [1.165, 1.54) is 0 Å². The Hall–Kier alpha value is -1.49. The molecule has 0 amide bonds. The first-order valence-electron chi connectivity index (χ1n) is 7.10. The fourth-order valence-electron chi connectivity index (χ4n) is 1.99. The molecule has 0 radical (unpaired) electrons. The smallest absolute Gasteiger partial charge is 0.220 e. The van der Waals surface area contributed by atoms with E-state index in [-0.39, 0.29) is 5.78 Å². The van der Waals surface area contributed by atoms with Gasteiger partial charge in [0.25, 0.3) is 0 Å². The molecule has 0 unspecified atom stereocenters. The van der Waals surface area contributed by atoms with Gasteiger partial charge in [-0.2, -0.15) is 0 Å². The van der Waals surface area contributed by atoms with Crippen molar-refractivity contribution in [3.63, 3.8) is 0 Å². The Bertz CT molecular complexity index is 404. The van der Waals surface area contributed by atoms with Gasteiger partial charge in [-0.3, -0.25) is 14.7 Å². The van der Waals surface area contributed by atoms with Crippen LogP contribution in [-0.2, 0) is 4.79 Å². The number of aliphatic imine (C=N–C) groups is 2. The number of nitrogens with zero attached hydrogens (tertiary/aromatic N) is 4. The van der Waals surface area contributed by atoms with Crippen molar-refractivity contribution in [1.29, 1.82) is 0 Å². The van der Waals surface area contributed by atoms with E-state index in [1.54, 1.807) is 20.2 Å². The van der Waals surface area contributed by atoms with Gasteiger partial charge in [-0.25, -0.2) is 4.99 Å². The van der Waals surface area contributed by atoms with Crippen molar-refractivity contribution in [2.45, 2.75) is 20.8 Å². The van der Waals surface area contributed by atoms with E-state index in [9.17, 15) is 4.79 Å². The zero-order valence-corrected chi connectivity index (χ0v) is 13.1. The summed E-state index contributed by atoms with van der Waals surface area (Å²) in [5.41, 5.74) is 1.00. The van der Waals surface area contributed by atoms with E-state index in [0.29, 0.717) is 12.5 Å². The molecule has 1 rings (SSSR count). The lowest BCUT2D eigenvalue weighted by atomic mass is 10.1. The number of hydrogen-bond donors (Lipinski definition) is 0. The average Bonchev–Trinajstić information content (AvgIpc) is 2.40. The van der Waals surface area contributed by atoms with Crippen molar-refractivity contribution in [3.05, 3.63) is 12.2 Å². The molecule has 0 aromatic heterocycles. The van der Waals surface area contributed by atoms with E-state index in [0.717, 1.165) is 37.7 Å². The predicted molar refractivity (Wildman–Crippen MR) is 84.5 cm³/mol. The summed E-state index contributed by atoms with van der Waals surface area (Å²) in [5, 5.41) is 0. The van der Waals surface area contributed by atoms with Crippen LogP contribution in [0, 0.1) is 5.92 Å². The number of ketones is 1. The minimum atomic E-state index is 0.217. The van der Waals surface area contributed by atoms with Crippen LogP contribution in [0.3, 0.4) is 0 Å². The van der Waals surface area contributed by atoms with Crippen LogP contribution < -0.4 is 0 Å². The summed E-state index contributed by atoms with van der Waals surface area (Å²) >= 11 is 0. The third-order valence-corrected chi connectivity index (χ3v) is 3.39. The molecule has 1 aliphatic heterocycles. The topological polar surface area (TPSA) is 48.3 Å². The van der Waals surface area contributed by atoms with Crippen molar-refractivity contribution in [3.8, 4) is 0 Å². The monoisotopic (exact) mass is 278 g/mol. The Balaban J connectivity index is 2.53. The van der Waals surface area contributed by atoms with Gasteiger partial charge in [-0.15, -0.1) is 0 Å². The Morgan fingerprint density at radius 2 is 1.90 bits per heavy atom. The number of carbonyl (C=O) groups is 1. The second-order valence-electron chi connectivity index (χ2n) is 5.48. The van der Waals surface area contributed by atoms with Gasteiger partial charge in [-0.05, 0) is 18.4 Å². The Labute approximate surface area is 122 Å². The van der Waals surface area contributed by atoms with Crippen LogP contribution in [0.5, 0.6) is 0 Å². The Morgan fingerprint density at radius 3 is 2.35 bits per heavy atom. The molecule has 0 aliphatic carbocycles. The predicted octanol–water partition coefficient (Wildman–Crippen LogP) is 1.46. The number of Topliss-reactive ketones (excluding diaryl/α,β-unsaturated/α-hetero) is 1. The van der Waals surface area contributed by atoms with E-state index in [1.807, 2.05) is 0 Å². The normalized spacial score (nSPS) is 18.1. The minimum Gasteiger partial charge on any atom is -0.339 e. The zero-order valence-electron chi connectivity index (χ0n) is 13.1. The van der Waals surface area contributed by atoms with Crippen molar-refractivity contribution in [1.82, 2.24) is 9.80 Å². The van der Waals surface area contributed by atoms with Crippen LogP contribution in [0.4, 0.5) is 0 Å². The number of hydrogen-bond acceptors (Lipinski definition) is 3. The van der Waals surface area contributed by atoms with Gasteiger partial charge in [0.2, 0.25) is 5.96 Å². The molecule has 5 nitrogen and oxygen atoms in total. The molecule has 0 atom stereocenters. The SMILES string of the molecule is C=C(C=NC(=NC)N1CCN(CC(C)=O)CC1)C(C)C. The lowest BCUT2D eigenvalue weighted by Gasteiger charge is -2.34. The van der Waals surface area contributed by atoms with Gasteiger partial charge >= 0.3 is 0 Å². The average molecular weight is 278 g/mol. The maximum Gasteiger partial charge on any atom is 0.220 e. The van der Waals surface area contributed by atoms with Gasteiger partial charge in [0.1, 0.15) is 5.78 Å². The standard InChI is InChI=1S/C15H26N4O/c1-12(2)13(3)10-17-15(16-5)19-8-6-18(7-9-19)11-14(4)20/h10,12H,3,6-9,11H2,1-2,4-5H3. The minimum absolute atomic E-state index is 0.217. The highest BCUT2D eigenvalue weighted by atomic mass is 16.1. The van der Waals surface area contributed by atoms with Crippen molar-refractivity contribution in [2.24, 2.45) is 15.9 Å². The Kier molecular flexibility index (Phi) is 6.58. The number of allylic oxidation sites excluding steroid dienone is 1. The van der Waals surface area contributed by atoms with E-state index in [4.69, 9.17) is 0 Å². The van der Waals surface area contributed by atoms with Crippen molar-refractivity contribution < 1.29 is 4.79 Å². The van der Waals surface area contributed by atoms with Crippen molar-refractivity contribution >= 4 is 18.0 Å². The number of carbonyl (C=O) groups excluding carboxylic acids is 1. The molecule has 5 heteroatoms. The van der Waals surface area contributed by atoms with Crippen molar-refractivity contribution in [2.75, 3.05) is 39.8 Å². The molecule has 0 N–H and O–H groups in total. The molecule has 0 aromatic carbocycles. The molecule has 112 valence electrons. The summed E-state index contributed by atoms with van der Waals surface area (Å²) in [7, 11) is 1.76. The molecule has 0 saturated carbocycles. The highest BCUT2D eigenvalue weighted by molar-refractivity contribution is 5.93. The molecule has 1 saturated heterocycles. The maximum absolute atomic E-state index is 11.1. The highest BCUT2D eigenvalue weighted by Crippen LogP contribution is 2.06. The molecule has 1 fully saturated rings. The van der Waals surface area contributed by atoms with Crippen LogP contribution in [0.1, 0.15) is 20.8 Å². The number of guanidine groups is 1. The lowest BCUT2D eigenvalue weighted by molar-refractivity contribution is -0.118. The Morgan fingerprint density at radius 1 is 1.30 bits per heavy atom. The van der Waals surface area contributed by atoms with Gasteiger partial charge in [0.15, 0.2) is 0 Å². The van der Waals surface area contributed by atoms with Gasteiger partial charge in [0.05, 0.1) is 6.54 Å². The molecule has 1 aliphatic rings. The van der Waals surface area contributed by atoms with E-state index < -0.39 is 0 Å². The van der Waals surface area contributed by atoms with E-state index in [2.05, 4.69) is 40.2 Å². The van der Waals surface area contributed by atoms with Crippen LogP contribution in [0.25, 0.3) is 0 Å². The summed E-state index contributed by atoms with van der Waals surface area (Å²) in [6, 6.07) is 0. The summed E-state index contributed by atoms with van der Waals surface area (Å²) in [6.45, 7) is 13.8. The van der Waals surface area contributed by atoms with Gasteiger partial charge in [0, 0.05) is 39.4 Å². The molecule has 0 bridgehead atoms.